The normalized spacial score (nSPS) is 22.1. The summed E-state index contributed by atoms with van der Waals surface area (Å²) in [5, 5.41) is 9.11. The van der Waals surface area contributed by atoms with Crippen molar-refractivity contribution in [3.05, 3.63) is 0 Å². The molecule has 1 atom stereocenters. The summed E-state index contributed by atoms with van der Waals surface area (Å²) in [5.74, 6) is 0.626. The highest BCUT2D eigenvalue weighted by Crippen LogP contribution is 2.15. The number of aliphatic hydroxyl groups excluding tert-OH is 1. The zero-order valence-electron chi connectivity index (χ0n) is 10.5. The lowest BCUT2D eigenvalue weighted by molar-refractivity contribution is -0.130. The first-order valence-electron chi connectivity index (χ1n) is 6.24. The molecule has 0 aromatic heterocycles. The molecule has 0 radical (unpaired) electrons. The lowest BCUT2D eigenvalue weighted by Crippen LogP contribution is -2.39. The minimum absolute atomic E-state index is 0.216. The van der Waals surface area contributed by atoms with E-state index in [0.29, 0.717) is 12.3 Å². The van der Waals surface area contributed by atoms with E-state index in [1.807, 2.05) is 14.0 Å². The van der Waals surface area contributed by atoms with E-state index in [-0.39, 0.29) is 12.5 Å². The van der Waals surface area contributed by atoms with Crippen LogP contribution < -0.4 is 0 Å². The lowest BCUT2D eigenvalue weighted by Gasteiger charge is -2.31. The van der Waals surface area contributed by atoms with Crippen LogP contribution in [-0.4, -0.2) is 60.6 Å². The van der Waals surface area contributed by atoms with Gasteiger partial charge >= 0.3 is 0 Å². The molecule has 1 N–H and O–H groups in total. The van der Waals surface area contributed by atoms with E-state index in [9.17, 15) is 4.79 Å². The third-order valence-corrected chi connectivity index (χ3v) is 3.40. The van der Waals surface area contributed by atoms with E-state index in [0.717, 1.165) is 39.0 Å². The van der Waals surface area contributed by atoms with Gasteiger partial charge in [0, 0.05) is 39.7 Å². The molecule has 1 rings (SSSR count). The van der Waals surface area contributed by atoms with Gasteiger partial charge in [-0.05, 0) is 32.2 Å². The Morgan fingerprint density at radius 3 is 2.94 bits per heavy atom. The summed E-state index contributed by atoms with van der Waals surface area (Å²) in [5.41, 5.74) is 0. The minimum Gasteiger partial charge on any atom is -0.396 e. The van der Waals surface area contributed by atoms with Crippen molar-refractivity contribution in [3.63, 3.8) is 0 Å². The van der Waals surface area contributed by atoms with E-state index in [4.69, 9.17) is 5.11 Å². The lowest BCUT2D eigenvalue weighted by atomic mass is 9.99. The third-order valence-electron chi connectivity index (χ3n) is 3.40. The quantitative estimate of drug-likeness (QED) is 0.748. The van der Waals surface area contributed by atoms with Crippen molar-refractivity contribution < 1.29 is 9.90 Å². The zero-order chi connectivity index (χ0) is 12.0. The molecule has 0 saturated carbocycles. The molecule has 94 valence electrons. The van der Waals surface area contributed by atoms with Gasteiger partial charge in [0.2, 0.25) is 5.91 Å². The van der Waals surface area contributed by atoms with E-state index in [1.54, 1.807) is 4.90 Å². The SMILES string of the molecule is CCN(C)C(=O)CCN1CCCC(CO)C1. The molecule has 4 nitrogen and oxygen atoms in total. The van der Waals surface area contributed by atoms with Crippen molar-refractivity contribution in [1.29, 1.82) is 0 Å². The van der Waals surface area contributed by atoms with Crippen LogP contribution in [0.15, 0.2) is 0 Å². The molecule has 1 aliphatic heterocycles. The van der Waals surface area contributed by atoms with E-state index in [2.05, 4.69) is 4.90 Å². The molecule has 0 aromatic carbocycles. The van der Waals surface area contributed by atoms with Crippen LogP contribution in [0.1, 0.15) is 26.2 Å². The average Bonchev–Trinajstić information content (AvgIpc) is 2.35. The summed E-state index contributed by atoms with van der Waals surface area (Å²) in [4.78, 5) is 15.7. The number of carbonyl (C=O) groups excluding carboxylic acids is 1. The predicted octanol–water partition coefficient (Wildman–Crippen LogP) is 0.559. The highest BCUT2D eigenvalue weighted by Gasteiger charge is 2.19. The number of carbonyl (C=O) groups is 1. The largest absolute Gasteiger partial charge is 0.396 e. The van der Waals surface area contributed by atoms with Gasteiger partial charge in [-0.25, -0.2) is 0 Å². The van der Waals surface area contributed by atoms with Crippen molar-refractivity contribution in [2.45, 2.75) is 26.2 Å². The van der Waals surface area contributed by atoms with Crippen LogP contribution >= 0.6 is 0 Å². The molecule has 0 spiro atoms. The fourth-order valence-electron chi connectivity index (χ4n) is 2.12. The third kappa shape index (κ3) is 4.10. The number of amides is 1. The Bertz CT molecular complexity index is 221. The number of rotatable bonds is 5. The smallest absolute Gasteiger partial charge is 0.223 e. The number of aliphatic hydroxyl groups is 1. The molecule has 1 amide bonds. The van der Waals surface area contributed by atoms with Crippen LogP contribution in [0.25, 0.3) is 0 Å². The fourth-order valence-corrected chi connectivity index (χ4v) is 2.12. The van der Waals surface area contributed by atoms with Gasteiger partial charge in [0.1, 0.15) is 0 Å². The number of nitrogens with zero attached hydrogens (tertiary/aromatic N) is 2. The van der Waals surface area contributed by atoms with Gasteiger partial charge in [-0.3, -0.25) is 4.79 Å². The van der Waals surface area contributed by atoms with Crippen LogP contribution in [0.3, 0.4) is 0 Å². The number of piperidine rings is 1. The molecular formula is C12H24N2O2. The number of hydrogen-bond acceptors (Lipinski definition) is 3. The Hall–Kier alpha value is -0.610. The molecule has 1 fully saturated rings. The summed E-state index contributed by atoms with van der Waals surface area (Å²) in [6, 6.07) is 0. The molecule has 1 unspecified atom stereocenters. The Morgan fingerprint density at radius 1 is 1.56 bits per heavy atom. The summed E-state index contributed by atoms with van der Waals surface area (Å²) >= 11 is 0. The molecule has 16 heavy (non-hydrogen) atoms. The monoisotopic (exact) mass is 228 g/mol. The van der Waals surface area contributed by atoms with Gasteiger partial charge < -0.3 is 14.9 Å². The van der Waals surface area contributed by atoms with Crippen LogP contribution in [0.2, 0.25) is 0 Å². The first kappa shape index (κ1) is 13.5. The van der Waals surface area contributed by atoms with Gasteiger partial charge in [-0.15, -0.1) is 0 Å². The molecule has 0 bridgehead atoms. The predicted molar refractivity (Wildman–Crippen MR) is 64.2 cm³/mol. The summed E-state index contributed by atoms with van der Waals surface area (Å²) < 4.78 is 0. The van der Waals surface area contributed by atoms with Crippen LogP contribution in [0.5, 0.6) is 0 Å². The van der Waals surface area contributed by atoms with E-state index >= 15 is 0 Å². The second kappa shape index (κ2) is 6.86. The first-order chi connectivity index (χ1) is 7.67. The molecule has 0 aromatic rings. The highest BCUT2D eigenvalue weighted by molar-refractivity contribution is 5.75. The first-order valence-corrected chi connectivity index (χ1v) is 6.24. The molecule has 0 aliphatic carbocycles. The van der Waals surface area contributed by atoms with Gasteiger partial charge in [-0.2, -0.15) is 0 Å². The Kier molecular flexibility index (Phi) is 5.77. The van der Waals surface area contributed by atoms with Crippen LogP contribution in [0, 0.1) is 5.92 Å². The second-order valence-electron chi connectivity index (χ2n) is 4.65. The van der Waals surface area contributed by atoms with Crippen molar-refractivity contribution in [1.82, 2.24) is 9.80 Å². The number of hydrogen-bond donors (Lipinski definition) is 1. The Balaban J connectivity index is 2.24. The fraction of sp³-hybridized carbons (Fsp3) is 0.917. The Morgan fingerprint density at radius 2 is 2.31 bits per heavy atom. The molecular weight excluding hydrogens is 204 g/mol. The molecule has 1 aliphatic rings. The van der Waals surface area contributed by atoms with E-state index < -0.39 is 0 Å². The van der Waals surface area contributed by atoms with E-state index in [1.165, 1.54) is 0 Å². The second-order valence-corrected chi connectivity index (χ2v) is 4.65. The molecule has 1 saturated heterocycles. The van der Waals surface area contributed by atoms with Crippen molar-refractivity contribution in [3.8, 4) is 0 Å². The summed E-state index contributed by atoms with van der Waals surface area (Å²) in [6.07, 6.45) is 2.86. The van der Waals surface area contributed by atoms with Gasteiger partial charge in [0.05, 0.1) is 0 Å². The minimum atomic E-state index is 0.216. The highest BCUT2D eigenvalue weighted by atomic mass is 16.3. The maximum absolute atomic E-state index is 11.6. The maximum Gasteiger partial charge on any atom is 0.223 e. The molecule has 4 heteroatoms. The van der Waals surface area contributed by atoms with Crippen LogP contribution in [-0.2, 0) is 4.79 Å². The van der Waals surface area contributed by atoms with Crippen molar-refractivity contribution in [2.75, 3.05) is 39.8 Å². The van der Waals surface area contributed by atoms with Crippen LogP contribution in [0.4, 0.5) is 0 Å². The molecule has 1 heterocycles. The number of likely N-dealkylation sites (tertiary alicyclic amines) is 1. The van der Waals surface area contributed by atoms with Gasteiger partial charge in [0.15, 0.2) is 0 Å². The average molecular weight is 228 g/mol. The topological polar surface area (TPSA) is 43.8 Å². The van der Waals surface area contributed by atoms with Crippen molar-refractivity contribution in [2.24, 2.45) is 5.92 Å². The summed E-state index contributed by atoms with van der Waals surface area (Å²) in [6.45, 7) is 5.89. The van der Waals surface area contributed by atoms with Gasteiger partial charge in [-0.1, -0.05) is 0 Å². The standard InChI is InChI=1S/C12H24N2O2/c1-3-13(2)12(16)6-8-14-7-4-5-11(9-14)10-15/h11,15H,3-10H2,1-2H3. The summed E-state index contributed by atoms with van der Waals surface area (Å²) in [7, 11) is 1.84. The van der Waals surface area contributed by atoms with Gasteiger partial charge in [0.25, 0.3) is 0 Å². The van der Waals surface area contributed by atoms with Crippen molar-refractivity contribution >= 4 is 5.91 Å². The zero-order valence-corrected chi connectivity index (χ0v) is 10.5. The maximum atomic E-state index is 11.6. The Labute approximate surface area is 98.2 Å².